The molecule has 0 fully saturated rings. The number of hydrogen-bond donors (Lipinski definition) is 1. The quantitative estimate of drug-likeness (QED) is 0.803. The summed E-state index contributed by atoms with van der Waals surface area (Å²) in [6, 6.07) is 5.64. The van der Waals surface area contributed by atoms with E-state index < -0.39 is 0 Å². The maximum atomic E-state index is 11.4. The van der Waals surface area contributed by atoms with Crippen LogP contribution in [0.25, 0.3) is 0 Å². The number of carbonyl (C=O) groups excluding carboxylic acids is 1. The summed E-state index contributed by atoms with van der Waals surface area (Å²) in [5.41, 5.74) is 7.05. The van der Waals surface area contributed by atoms with Crippen LogP contribution in [0, 0.1) is 5.41 Å². The van der Waals surface area contributed by atoms with Gasteiger partial charge in [0, 0.05) is 6.04 Å². The van der Waals surface area contributed by atoms with E-state index in [1.807, 2.05) is 32.0 Å². The molecule has 0 amide bonds. The van der Waals surface area contributed by atoms with Gasteiger partial charge in [-0.25, -0.2) is 0 Å². The van der Waals surface area contributed by atoms with Crippen LogP contribution in [0.2, 0.25) is 0 Å². The molecule has 0 aromatic heterocycles. The van der Waals surface area contributed by atoms with Crippen molar-refractivity contribution in [3.8, 4) is 5.75 Å². The van der Waals surface area contributed by atoms with Gasteiger partial charge in [0.15, 0.2) is 0 Å². The maximum absolute atomic E-state index is 11.4. The molecule has 1 aromatic rings. The summed E-state index contributed by atoms with van der Waals surface area (Å²) < 4.78 is 10.8. The first-order valence-corrected chi connectivity index (χ1v) is 7.24. The van der Waals surface area contributed by atoms with E-state index in [0.29, 0.717) is 12.8 Å². The molecular weight excluding hydrogens is 322 g/mol. The Hall–Kier alpha value is -1.07. The smallest absolute Gasteiger partial charge is 0.306 e. The van der Waals surface area contributed by atoms with Gasteiger partial charge in [-0.15, -0.1) is 0 Å². The predicted octanol–water partition coefficient (Wildman–Crippen LogP) is 3.44. The molecule has 1 atom stereocenters. The zero-order valence-electron chi connectivity index (χ0n) is 12.4. The number of hydrogen-bond acceptors (Lipinski definition) is 4. The number of halogens is 1. The number of benzene rings is 1. The molecule has 20 heavy (non-hydrogen) atoms. The van der Waals surface area contributed by atoms with E-state index in [-0.39, 0.29) is 17.4 Å². The molecule has 0 aliphatic rings. The summed E-state index contributed by atoms with van der Waals surface area (Å²) in [6.07, 6.45) is 1.05. The van der Waals surface area contributed by atoms with Gasteiger partial charge in [0.2, 0.25) is 0 Å². The van der Waals surface area contributed by atoms with Crippen molar-refractivity contribution < 1.29 is 14.3 Å². The highest BCUT2D eigenvalue weighted by atomic mass is 79.9. The average Bonchev–Trinajstić information content (AvgIpc) is 2.37. The molecule has 4 nitrogen and oxygen atoms in total. The Bertz CT molecular complexity index is 474. The highest BCUT2D eigenvalue weighted by molar-refractivity contribution is 9.10. The second-order valence-electron chi connectivity index (χ2n) is 5.62. The van der Waals surface area contributed by atoms with Crippen LogP contribution in [-0.2, 0) is 9.53 Å². The van der Waals surface area contributed by atoms with Crippen molar-refractivity contribution >= 4 is 21.9 Å². The third-order valence-corrected chi connectivity index (χ3v) is 3.85. The molecule has 1 rings (SSSR count). The standard InChI is InChI=1S/C15H22BrNO3/c1-15(2,9-14(18)20-4)8-12(17)10-5-6-13(19-3)11(16)7-10/h5-7,12H,8-9,17H2,1-4H3. The second-order valence-corrected chi connectivity index (χ2v) is 6.48. The van der Waals surface area contributed by atoms with Crippen molar-refractivity contribution in [1.82, 2.24) is 0 Å². The Kier molecular flexibility index (Phi) is 6.02. The normalized spacial score (nSPS) is 12.9. The lowest BCUT2D eigenvalue weighted by molar-refractivity contribution is -0.143. The van der Waals surface area contributed by atoms with Crippen molar-refractivity contribution in [3.63, 3.8) is 0 Å². The maximum Gasteiger partial charge on any atom is 0.306 e. The monoisotopic (exact) mass is 343 g/mol. The summed E-state index contributed by atoms with van der Waals surface area (Å²) in [5, 5.41) is 0. The van der Waals surface area contributed by atoms with Gasteiger partial charge in [-0.05, 0) is 45.5 Å². The fourth-order valence-electron chi connectivity index (χ4n) is 2.16. The van der Waals surface area contributed by atoms with Crippen LogP contribution in [0.3, 0.4) is 0 Å². The summed E-state index contributed by atoms with van der Waals surface area (Å²) in [4.78, 5) is 11.4. The van der Waals surface area contributed by atoms with Gasteiger partial charge >= 0.3 is 5.97 Å². The molecule has 0 bridgehead atoms. The predicted molar refractivity (Wildman–Crippen MR) is 82.7 cm³/mol. The van der Waals surface area contributed by atoms with Gasteiger partial charge in [-0.3, -0.25) is 4.79 Å². The average molecular weight is 344 g/mol. The first kappa shape index (κ1) is 17.0. The van der Waals surface area contributed by atoms with Crippen molar-refractivity contribution in [2.75, 3.05) is 14.2 Å². The number of ether oxygens (including phenoxy) is 2. The van der Waals surface area contributed by atoms with Gasteiger partial charge in [0.25, 0.3) is 0 Å². The van der Waals surface area contributed by atoms with Gasteiger partial charge < -0.3 is 15.2 Å². The zero-order valence-corrected chi connectivity index (χ0v) is 14.0. The summed E-state index contributed by atoms with van der Waals surface area (Å²) in [6.45, 7) is 4.03. The molecule has 0 heterocycles. The summed E-state index contributed by atoms with van der Waals surface area (Å²) in [5.74, 6) is 0.563. The van der Waals surface area contributed by atoms with E-state index in [1.54, 1.807) is 7.11 Å². The molecule has 1 aromatic carbocycles. The van der Waals surface area contributed by atoms with Gasteiger partial charge in [0.1, 0.15) is 5.75 Å². The third-order valence-electron chi connectivity index (χ3n) is 3.23. The molecule has 2 N–H and O–H groups in total. The van der Waals surface area contributed by atoms with Crippen molar-refractivity contribution in [1.29, 1.82) is 0 Å². The first-order chi connectivity index (χ1) is 9.29. The highest BCUT2D eigenvalue weighted by Gasteiger charge is 2.26. The van der Waals surface area contributed by atoms with E-state index in [4.69, 9.17) is 15.2 Å². The van der Waals surface area contributed by atoms with Crippen molar-refractivity contribution in [2.24, 2.45) is 11.1 Å². The Morgan fingerprint density at radius 1 is 1.40 bits per heavy atom. The van der Waals surface area contributed by atoms with Crippen LogP contribution in [0.1, 0.15) is 38.3 Å². The van der Waals surface area contributed by atoms with Crippen LogP contribution in [0.15, 0.2) is 22.7 Å². The Morgan fingerprint density at radius 3 is 2.55 bits per heavy atom. The number of rotatable bonds is 6. The minimum atomic E-state index is -0.210. The number of carbonyl (C=O) groups is 1. The molecule has 5 heteroatoms. The zero-order chi connectivity index (χ0) is 15.3. The van der Waals surface area contributed by atoms with E-state index in [1.165, 1.54) is 7.11 Å². The molecule has 0 aliphatic heterocycles. The largest absolute Gasteiger partial charge is 0.496 e. The summed E-state index contributed by atoms with van der Waals surface area (Å²) >= 11 is 3.45. The Labute approximate surface area is 128 Å². The topological polar surface area (TPSA) is 61.5 Å². The Balaban J connectivity index is 2.77. The minimum Gasteiger partial charge on any atom is -0.496 e. The van der Waals surface area contributed by atoms with Gasteiger partial charge in [-0.2, -0.15) is 0 Å². The van der Waals surface area contributed by atoms with Crippen LogP contribution in [0.5, 0.6) is 5.75 Å². The van der Waals surface area contributed by atoms with E-state index >= 15 is 0 Å². The molecule has 0 aliphatic carbocycles. The SMILES string of the molecule is COC(=O)CC(C)(C)CC(N)c1ccc(OC)c(Br)c1. The van der Waals surface area contributed by atoms with Crippen LogP contribution < -0.4 is 10.5 Å². The molecule has 1 unspecified atom stereocenters. The number of esters is 1. The van der Waals surface area contributed by atoms with E-state index in [9.17, 15) is 4.79 Å². The van der Waals surface area contributed by atoms with Crippen LogP contribution in [0.4, 0.5) is 0 Å². The van der Waals surface area contributed by atoms with Crippen molar-refractivity contribution in [3.05, 3.63) is 28.2 Å². The fraction of sp³-hybridized carbons (Fsp3) is 0.533. The van der Waals surface area contributed by atoms with Crippen LogP contribution >= 0.6 is 15.9 Å². The fourth-order valence-corrected chi connectivity index (χ4v) is 2.72. The van der Waals surface area contributed by atoms with Gasteiger partial charge in [0.05, 0.1) is 25.1 Å². The second kappa shape index (κ2) is 7.09. The lowest BCUT2D eigenvalue weighted by Gasteiger charge is -2.27. The third kappa shape index (κ3) is 4.80. The number of methoxy groups -OCH3 is 2. The molecule has 0 radical (unpaired) electrons. The lowest BCUT2D eigenvalue weighted by Crippen LogP contribution is -2.24. The Morgan fingerprint density at radius 2 is 2.05 bits per heavy atom. The molecule has 0 spiro atoms. The van der Waals surface area contributed by atoms with E-state index in [2.05, 4.69) is 15.9 Å². The summed E-state index contributed by atoms with van der Waals surface area (Å²) in [7, 11) is 3.03. The molecular formula is C15H22BrNO3. The molecule has 0 saturated heterocycles. The number of nitrogens with two attached hydrogens (primary N) is 1. The molecule has 112 valence electrons. The highest BCUT2D eigenvalue weighted by Crippen LogP contribution is 2.34. The molecule has 0 saturated carbocycles. The van der Waals surface area contributed by atoms with Gasteiger partial charge in [-0.1, -0.05) is 19.9 Å². The van der Waals surface area contributed by atoms with Crippen LogP contribution in [-0.4, -0.2) is 20.2 Å². The minimum absolute atomic E-state index is 0.142. The first-order valence-electron chi connectivity index (χ1n) is 6.45. The lowest BCUT2D eigenvalue weighted by atomic mass is 9.81. The van der Waals surface area contributed by atoms with E-state index in [0.717, 1.165) is 15.8 Å². The van der Waals surface area contributed by atoms with Crippen molar-refractivity contribution in [2.45, 2.75) is 32.7 Å².